The van der Waals surface area contributed by atoms with E-state index in [-0.39, 0.29) is 5.91 Å². The Bertz CT molecular complexity index is 1150. The number of benzene rings is 2. The van der Waals surface area contributed by atoms with Crippen LogP contribution in [0.1, 0.15) is 18.5 Å². The van der Waals surface area contributed by atoms with Gasteiger partial charge < -0.3 is 24.8 Å². The number of hydrogen-bond donors (Lipinski definition) is 2. The molecule has 1 aliphatic heterocycles. The van der Waals surface area contributed by atoms with Gasteiger partial charge in [-0.25, -0.2) is 4.68 Å². The summed E-state index contributed by atoms with van der Waals surface area (Å²) in [7, 11) is 4.72. The van der Waals surface area contributed by atoms with E-state index in [2.05, 4.69) is 20.7 Å². The van der Waals surface area contributed by atoms with E-state index in [1.165, 1.54) is 13.4 Å². The van der Waals surface area contributed by atoms with Crippen LogP contribution >= 0.6 is 0 Å². The van der Waals surface area contributed by atoms with Gasteiger partial charge in [0.25, 0.3) is 5.91 Å². The van der Waals surface area contributed by atoms with Crippen LogP contribution in [0.2, 0.25) is 0 Å². The summed E-state index contributed by atoms with van der Waals surface area (Å²) in [6.07, 6.45) is 1.45. The summed E-state index contributed by atoms with van der Waals surface area (Å²) in [6, 6.07) is 12.3. The van der Waals surface area contributed by atoms with Gasteiger partial charge in [0.1, 0.15) is 29.6 Å². The molecule has 31 heavy (non-hydrogen) atoms. The minimum Gasteiger partial charge on any atom is -0.497 e. The van der Waals surface area contributed by atoms with Crippen molar-refractivity contribution >= 4 is 17.5 Å². The first-order chi connectivity index (χ1) is 15.0. The second-order valence-corrected chi connectivity index (χ2v) is 6.89. The monoisotopic (exact) mass is 421 g/mol. The lowest BCUT2D eigenvalue weighted by atomic mass is 9.95. The molecule has 0 saturated heterocycles. The Balaban J connectivity index is 1.75. The van der Waals surface area contributed by atoms with Gasteiger partial charge in [-0.1, -0.05) is 12.1 Å². The van der Waals surface area contributed by atoms with Crippen LogP contribution < -0.4 is 24.8 Å². The SMILES string of the molecule is COc1cccc([C@H]2C(C(=O)Nc3ccc(OC)cc3OC)=C(C)Nc3ncnn32)c1. The van der Waals surface area contributed by atoms with Crippen molar-refractivity contribution in [2.24, 2.45) is 0 Å². The van der Waals surface area contributed by atoms with Crippen LogP contribution in [0.15, 0.2) is 60.1 Å². The minimum absolute atomic E-state index is 0.289. The van der Waals surface area contributed by atoms with Crippen LogP contribution in [0.25, 0.3) is 0 Å². The molecule has 0 aliphatic carbocycles. The van der Waals surface area contributed by atoms with Crippen LogP contribution in [0.5, 0.6) is 17.2 Å². The number of amides is 1. The van der Waals surface area contributed by atoms with Crippen molar-refractivity contribution in [3.05, 3.63) is 65.6 Å². The van der Waals surface area contributed by atoms with Crippen LogP contribution in [0.3, 0.4) is 0 Å². The average molecular weight is 421 g/mol. The fourth-order valence-electron chi connectivity index (χ4n) is 3.60. The van der Waals surface area contributed by atoms with Crippen molar-refractivity contribution in [2.45, 2.75) is 13.0 Å². The van der Waals surface area contributed by atoms with Gasteiger partial charge in [0.15, 0.2) is 0 Å². The number of fused-ring (bicyclic) bond motifs is 1. The maximum atomic E-state index is 13.5. The Kier molecular flexibility index (Phi) is 5.48. The molecule has 1 aliphatic rings. The molecule has 0 radical (unpaired) electrons. The number of hydrogen-bond acceptors (Lipinski definition) is 7. The number of carbonyl (C=O) groups excluding carboxylic acids is 1. The van der Waals surface area contributed by atoms with Gasteiger partial charge in [0.2, 0.25) is 5.95 Å². The lowest BCUT2D eigenvalue weighted by Crippen LogP contribution is -2.31. The van der Waals surface area contributed by atoms with E-state index in [0.717, 1.165) is 5.56 Å². The number of rotatable bonds is 6. The summed E-state index contributed by atoms with van der Waals surface area (Å²) in [5.74, 6) is 2.08. The van der Waals surface area contributed by atoms with Crippen molar-refractivity contribution in [1.29, 1.82) is 0 Å². The third-order valence-corrected chi connectivity index (χ3v) is 5.11. The molecule has 2 N–H and O–H groups in total. The van der Waals surface area contributed by atoms with Crippen molar-refractivity contribution in [3.8, 4) is 17.2 Å². The topological polar surface area (TPSA) is 99.5 Å². The van der Waals surface area contributed by atoms with Crippen molar-refractivity contribution in [1.82, 2.24) is 14.8 Å². The molecule has 0 unspecified atom stereocenters. The number of nitrogens with zero attached hydrogens (tertiary/aromatic N) is 3. The van der Waals surface area contributed by atoms with Gasteiger partial charge in [-0.2, -0.15) is 10.1 Å². The predicted octanol–water partition coefficient (Wildman–Crippen LogP) is 3.23. The Morgan fingerprint density at radius 1 is 1.06 bits per heavy atom. The van der Waals surface area contributed by atoms with Crippen LogP contribution in [-0.4, -0.2) is 42.0 Å². The number of nitrogens with one attached hydrogen (secondary N) is 2. The molecule has 3 aromatic rings. The molecule has 1 atom stereocenters. The first kappa shape index (κ1) is 20.3. The Labute approximate surface area is 179 Å². The highest BCUT2D eigenvalue weighted by Crippen LogP contribution is 2.37. The summed E-state index contributed by atoms with van der Waals surface area (Å²) < 4.78 is 17.7. The minimum atomic E-state index is -0.488. The summed E-state index contributed by atoms with van der Waals surface area (Å²) in [5, 5.41) is 10.5. The van der Waals surface area contributed by atoms with Crippen LogP contribution in [0, 0.1) is 0 Å². The zero-order valence-electron chi connectivity index (χ0n) is 17.7. The van der Waals surface area contributed by atoms with E-state index in [1.54, 1.807) is 37.1 Å². The largest absolute Gasteiger partial charge is 0.497 e. The molecule has 1 amide bonds. The first-order valence-corrected chi connectivity index (χ1v) is 9.60. The molecule has 9 heteroatoms. The molecule has 0 bridgehead atoms. The molecule has 0 saturated carbocycles. The molecule has 1 aromatic heterocycles. The normalized spacial score (nSPS) is 15.0. The molecule has 2 aromatic carbocycles. The van der Waals surface area contributed by atoms with E-state index in [1.807, 2.05) is 31.2 Å². The molecular formula is C22H23N5O4. The van der Waals surface area contributed by atoms with Crippen molar-refractivity contribution in [2.75, 3.05) is 32.0 Å². The lowest BCUT2D eigenvalue weighted by molar-refractivity contribution is -0.113. The number of allylic oxidation sites excluding steroid dienone is 1. The van der Waals surface area contributed by atoms with Crippen LogP contribution in [0.4, 0.5) is 11.6 Å². The molecule has 0 spiro atoms. The molecular weight excluding hydrogens is 398 g/mol. The Hall–Kier alpha value is -4.01. The third-order valence-electron chi connectivity index (χ3n) is 5.11. The van der Waals surface area contributed by atoms with E-state index in [9.17, 15) is 4.79 Å². The fourth-order valence-corrected chi connectivity index (χ4v) is 3.60. The van der Waals surface area contributed by atoms with Crippen molar-refractivity contribution < 1.29 is 19.0 Å². The van der Waals surface area contributed by atoms with Gasteiger partial charge in [0, 0.05) is 11.8 Å². The van der Waals surface area contributed by atoms with Gasteiger partial charge in [-0.3, -0.25) is 4.79 Å². The molecule has 2 heterocycles. The summed E-state index contributed by atoms with van der Waals surface area (Å²) in [5.41, 5.74) is 2.56. The maximum absolute atomic E-state index is 13.5. The summed E-state index contributed by atoms with van der Waals surface area (Å²) in [4.78, 5) is 17.7. The predicted molar refractivity (Wildman–Crippen MR) is 116 cm³/mol. The van der Waals surface area contributed by atoms with Crippen LogP contribution in [-0.2, 0) is 4.79 Å². The quantitative estimate of drug-likeness (QED) is 0.630. The zero-order valence-corrected chi connectivity index (χ0v) is 17.7. The van der Waals surface area contributed by atoms with E-state index < -0.39 is 6.04 Å². The van der Waals surface area contributed by atoms with Gasteiger partial charge in [0.05, 0.1) is 32.6 Å². The van der Waals surface area contributed by atoms with Gasteiger partial charge >= 0.3 is 0 Å². The smallest absolute Gasteiger partial charge is 0.255 e. The fraction of sp³-hybridized carbons (Fsp3) is 0.227. The molecule has 9 nitrogen and oxygen atoms in total. The number of ether oxygens (including phenoxy) is 3. The zero-order chi connectivity index (χ0) is 22.0. The van der Waals surface area contributed by atoms with E-state index >= 15 is 0 Å². The molecule has 160 valence electrons. The number of carbonyl (C=O) groups is 1. The molecule has 4 rings (SSSR count). The number of anilines is 2. The average Bonchev–Trinajstić information content (AvgIpc) is 3.26. The second-order valence-electron chi connectivity index (χ2n) is 6.89. The number of methoxy groups -OCH3 is 3. The Morgan fingerprint density at radius 2 is 1.84 bits per heavy atom. The van der Waals surface area contributed by atoms with Crippen molar-refractivity contribution in [3.63, 3.8) is 0 Å². The molecule has 0 fully saturated rings. The van der Waals surface area contributed by atoms with Gasteiger partial charge in [-0.15, -0.1) is 0 Å². The standard InChI is InChI=1S/C22H23N5O4/c1-13-19(21(28)26-17-9-8-16(30-3)11-18(17)31-4)20(27-22(25-13)23-12-24-27)14-6-5-7-15(10-14)29-2/h5-12,20H,1-4H3,(H,26,28)(H,23,24,25)/t20-/m0/s1. The maximum Gasteiger partial charge on any atom is 0.255 e. The van der Waals surface area contributed by atoms with E-state index in [4.69, 9.17) is 14.2 Å². The number of aromatic nitrogens is 3. The summed E-state index contributed by atoms with van der Waals surface area (Å²) in [6.45, 7) is 1.84. The first-order valence-electron chi connectivity index (χ1n) is 9.60. The van der Waals surface area contributed by atoms with Gasteiger partial charge in [-0.05, 0) is 36.8 Å². The highest BCUT2D eigenvalue weighted by Gasteiger charge is 2.34. The Morgan fingerprint density at radius 3 is 2.58 bits per heavy atom. The van der Waals surface area contributed by atoms with E-state index in [0.29, 0.717) is 40.2 Å². The highest BCUT2D eigenvalue weighted by atomic mass is 16.5. The second kappa shape index (κ2) is 8.39. The summed E-state index contributed by atoms with van der Waals surface area (Å²) >= 11 is 0. The third kappa shape index (κ3) is 3.77. The lowest BCUT2D eigenvalue weighted by Gasteiger charge is -2.29. The highest BCUT2D eigenvalue weighted by molar-refractivity contribution is 6.06.